The molecule has 3 aliphatic heterocycles. The number of carbonyl (C=O) groups is 2. The van der Waals surface area contributed by atoms with Crippen LogP contribution in [0.15, 0.2) is 36.5 Å². The molecule has 1 aromatic carbocycles. The summed E-state index contributed by atoms with van der Waals surface area (Å²) >= 11 is 0. The molecule has 17 heteroatoms. The number of morpholine rings is 1. The topological polar surface area (TPSA) is 254 Å². The first-order valence-corrected chi connectivity index (χ1v) is 16.6. The Kier molecular flexibility index (Phi) is 11.5. The monoisotopic (exact) mass is 714 g/mol. The highest BCUT2D eigenvalue weighted by Crippen LogP contribution is 2.34. The van der Waals surface area contributed by atoms with E-state index in [1.54, 1.807) is 11.0 Å². The predicted molar refractivity (Wildman–Crippen MR) is 175 cm³/mol. The number of aryl methyl sites for hydroxylation is 1. The molecule has 5 heterocycles. The summed E-state index contributed by atoms with van der Waals surface area (Å²) in [5, 5.41) is 74.3. The molecular formula is C34H42N4O13. The molecule has 0 radical (unpaired) electrons. The van der Waals surface area contributed by atoms with E-state index in [2.05, 4.69) is 15.3 Å². The number of hydrogen-bond acceptors (Lipinski definition) is 16. The third-order valence-corrected chi connectivity index (χ3v) is 9.43. The van der Waals surface area contributed by atoms with Crippen molar-refractivity contribution in [1.29, 1.82) is 0 Å². The summed E-state index contributed by atoms with van der Waals surface area (Å²) in [6.45, 7) is 1.26. The third-order valence-electron chi connectivity index (χ3n) is 9.43. The Morgan fingerprint density at radius 1 is 1.04 bits per heavy atom. The van der Waals surface area contributed by atoms with E-state index < -0.39 is 74.6 Å². The van der Waals surface area contributed by atoms with Gasteiger partial charge >= 0.3 is 0 Å². The van der Waals surface area contributed by atoms with Gasteiger partial charge in [-0.15, -0.1) is 0 Å². The number of nitrogens with one attached hydrogen (secondary N) is 1. The lowest BCUT2D eigenvalue weighted by Gasteiger charge is -2.41. The second kappa shape index (κ2) is 15.9. The summed E-state index contributed by atoms with van der Waals surface area (Å²) in [7, 11) is 0. The van der Waals surface area contributed by atoms with Crippen LogP contribution in [-0.2, 0) is 37.0 Å². The highest BCUT2D eigenvalue weighted by Gasteiger charge is 2.47. The first kappa shape index (κ1) is 37.1. The van der Waals surface area contributed by atoms with Crippen molar-refractivity contribution in [3.8, 4) is 0 Å². The van der Waals surface area contributed by atoms with Crippen LogP contribution in [-0.4, -0.2) is 151 Å². The molecule has 0 spiro atoms. The number of pyridine rings is 2. The minimum atomic E-state index is -2.07. The summed E-state index contributed by atoms with van der Waals surface area (Å²) in [6.07, 6.45) is -12.8. The van der Waals surface area contributed by atoms with Gasteiger partial charge in [0.2, 0.25) is 0 Å². The van der Waals surface area contributed by atoms with Crippen molar-refractivity contribution in [2.45, 2.75) is 75.2 Å². The second-order valence-electron chi connectivity index (χ2n) is 12.8. The number of rotatable bonds is 12. The number of ketones is 1. The average molecular weight is 715 g/mol. The number of aliphatic hydroxyl groups is 7. The Balaban J connectivity index is 1.18. The van der Waals surface area contributed by atoms with E-state index in [1.165, 1.54) is 6.20 Å². The summed E-state index contributed by atoms with van der Waals surface area (Å²) < 4.78 is 22.1. The highest BCUT2D eigenvalue weighted by atomic mass is 16.7. The van der Waals surface area contributed by atoms with Gasteiger partial charge in [-0.1, -0.05) is 29.8 Å². The van der Waals surface area contributed by atoms with Crippen LogP contribution in [0.4, 0.5) is 5.82 Å². The zero-order valence-corrected chi connectivity index (χ0v) is 27.7. The smallest absolute Gasteiger partial charge is 0.273 e. The van der Waals surface area contributed by atoms with Gasteiger partial charge in [0.25, 0.3) is 5.91 Å². The van der Waals surface area contributed by atoms with Gasteiger partial charge < -0.3 is 64.9 Å². The number of amides is 1. The summed E-state index contributed by atoms with van der Waals surface area (Å²) in [4.78, 5) is 37.8. The molecule has 276 valence electrons. The van der Waals surface area contributed by atoms with Crippen LogP contribution in [0.3, 0.4) is 0 Å². The lowest BCUT2D eigenvalue weighted by molar-refractivity contribution is -0.323. The number of benzene rings is 1. The van der Waals surface area contributed by atoms with Gasteiger partial charge in [0, 0.05) is 17.5 Å². The molecule has 2 aromatic heterocycles. The first-order chi connectivity index (χ1) is 24.5. The van der Waals surface area contributed by atoms with Crippen LogP contribution in [0.1, 0.15) is 38.8 Å². The summed E-state index contributed by atoms with van der Waals surface area (Å²) in [5.74, 6) is -0.900. The van der Waals surface area contributed by atoms with E-state index in [1.807, 2.05) is 31.2 Å². The van der Waals surface area contributed by atoms with Crippen molar-refractivity contribution in [3.05, 3.63) is 64.5 Å². The summed E-state index contributed by atoms with van der Waals surface area (Å²) in [5.41, 5.74) is 4.07. The molecule has 8 unspecified atom stereocenters. The van der Waals surface area contributed by atoms with Gasteiger partial charge in [-0.2, -0.15) is 0 Å². The molecule has 51 heavy (non-hydrogen) atoms. The molecule has 2 saturated heterocycles. The predicted octanol–water partition coefficient (Wildman–Crippen LogP) is -1.94. The van der Waals surface area contributed by atoms with E-state index in [9.17, 15) is 45.3 Å². The maximum atomic E-state index is 13.8. The van der Waals surface area contributed by atoms with Crippen molar-refractivity contribution in [3.63, 3.8) is 0 Å². The standard InChI is InChI=1S/C34H42N4O13/c1-16-2-4-17(5-3-16)23-15-48-7-6-38(23)33(47)21-8-18-19-13-49-14-20(19)32(37-22(18)9-35-21)36-10-24(41)27(43)31(25(42)11-39)51-34-30(46)29(45)28(44)26(12-40)50-34/h2-5,8-9,23,25-31,34,39-40,42-46H,6-7,10-15H2,1H3,(H,36,37)/t23-,25?,26?,27?,28?,29?,30?,31?,34?/m1/s1. The number of nitrogens with zero attached hydrogens (tertiary/aromatic N) is 3. The fourth-order valence-electron chi connectivity index (χ4n) is 6.44. The number of hydrogen-bond donors (Lipinski definition) is 8. The molecule has 0 aliphatic carbocycles. The van der Waals surface area contributed by atoms with Gasteiger partial charge in [0.1, 0.15) is 54.2 Å². The minimum absolute atomic E-state index is 0.147. The zero-order valence-electron chi connectivity index (χ0n) is 27.7. The van der Waals surface area contributed by atoms with Crippen molar-refractivity contribution in [2.24, 2.45) is 0 Å². The number of aromatic nitrogens is 2. The van der Waals surface area contributed by atoms with E-state index in [4.69, 9.17) is 18.9 Å². The fourth-order valence-corrected chi connectivity index (χ4v) is 6.44. The van der Waals surface area contributed by atoms with Crippen molar-refractivity contribution in [2.75, 3.05) is 44.8 Å². The fraction of sp³-hybridized carbons (Fsp3) is 0.529. The van der Waals surface area contributed by atoms with Crippen LogP contribution in [0.5, 0.6) is 0 Å². The Morgan fingerprint density at radius 2 is 1.78 bits per heavy atom. The van der Waals surface area contributed by atoms with Crippen LogP contribution in [0.25, 0.3) is 10.9 Å². The average Bonchev–Trinajstić information content (AvgIpc) is 3.66. The number of carbonyl (C=O) groups excluding carboxylic acids is 2. The number of Topliss-reactive ketones (excluding diaryl/α,β-unsaturated/α-hetero) is 1. The van der Waals surface area contributed by atoms with E-state index >= 15 is 0 Å². The summed E-state index contributed by atoms with van der Waals surface area (Å²) in [6, 6.07) is 9.34. The van der Waals surface area contributed by atoms with Gasteiger partial charge in [-0.05, 0) is 24.1 Å². The maximum Gasteiger partial charge on any atom is 0.273 e. The van der Waals surface area contributed by atoms with Crippen LogP contribution in [0.2, 0.25) is 0 Å². The molecule has 9 atom stereocenters. The largest absolute Gasteiger partial charge is 0.394 e. The van der Waals surface area contributed by atoms with Crippen molar-refractivity contribution >= 4 is 28.4 Å². The van der Waals surface area contributed by atoms with Crippen LogP contribution >= 0.6 is 0 Å². The van der Waals surface area contributed by atoms with Gasteiger partial charge in [-0.3, -0.25) is 9.59 Å². The third kappa shape index (κ3) is 7.60. The Labute approximate surface area is 292 Å². The molecule has 2 fully saturated rings. The molecule has 0 bridgehead atoms. The Morgan fingerprint density at radius 3 is 2.51 bits per heavy atom. The van der Waals surface area contributed by atoms with Crippen LogP contribution in [0, 0.1) is 6.92 Å². The number of ether oxygens (including phenoxy) is 4. The van der Waals surface area contributed by atoms with Gasteiger partial charge in [0.15, 0.2) is 12.1 Å². The number of fused-ring (bicyclic) bond motifs is 3. The Hall–Kier alpha value is -3.72. The normalized spacial score (nSPS) is 26.8. The molecule has 1 amide bonds. The second-order valence-corrected chi connectivity index (χ2v) is 12.8. The van der Waals surface area contributed by atoms with Gasteiger partial charge in [-0.25, -0.2) is 9.97 Å². The molecule has 3 aliphatic rings. The maximum absolute atomic E-state index is 13.8. The molecule has 6 rings (SSSR count). The minimum Gasteiger partial charge on any atom is -0.394 e. The number of aliphatic hydroxyl groups excluding tert-OH is 7. The lowest BCUT2D eigenvalue weighted by Crippen LogP contribution is -2.61. The van der Waals surface area contributed by atoms with Crippen LogP contribution < -0.4 is 5.32 Å². The molecule has 0 saturated carbocycles. The molecular weight excluding hydrogens is 672 g/mol. The van der Waals surface area contributed by atoms with Gasteiger partial charge in [0.05, 0.1) is 63.9 Å². The van der Waals surface area contributed by atoms with E-state index in [0.717, 1.165) is 16.7 Å². The number of anilines is 1. The van der Waals surface area contributed by atoms with E-state index in [-0.39, 0.29) is 36.7 Å². The quantitative estimate of drug-likeness (QED) is 0.102. The van der Waals surface area contributed by atoms with Crippen molar-refractivity contribution < 1.29 is 64.3 Å². The SMILES string of the molecule is Cc1ccc([C@H]2COCCN2C(=O)c2cc3c4c(c(NCC(=O)C(O)C(OC5OC(CO)C(O)C(O)C5O)C(O)CO)nc3cn2)COC4)cc1. The van der Waals surface area contributed by atoms with Crippen molar-refractivity contribution in [1.82, 2.24) is 14.9 Å². The highest BCUT2D eigenvalue weighted by molar-refractivity contribution is 5.97. The first-order valence-electron chi connectivity index (χ1n) is 16.6. The Bertz CT molecular complexity index is 1710. The molecule has 3 aromatic rings. The zero-order chi connectivity index (χ0) is 36.4. The van der Waals surface area contributed by atoms with E-state index in [0.29, 0.717) is 36.2 Å². The molecule has 8 N–H and O–H groups in total. The lowest BCUT2D eigenvalue weighted by atomic mass is 9.98. The molecule has 17 nitrogen and oxygen atoms in total.